The number of halogens is 4. The minimum atomic E-state index is -4.65. The van der Waals surface area contributed by atoms with E-state index >= 15 is 0 Å². The van der Waals surface area contributed by atoms with Crippen molar-refractivity contribution in [3.8, 4) is 11.3 Å². The van der Waals surface area contributed by atoms with Crippen LogP contribution in [0.5, 0.6) is 0 Å². The Morgan fingerprint density at radius 2 is 1.81 bits per heavy atom. The zero-order valence-corrected chi connectivity index (χ0v) is 7.98. The van der Waals surface area contributed by atoms with Crippen LogP contribution in [0.2, 0.25) is 0 Å². The first-order valence-electron chi connectivity index (χ1n) is 4.49. The lowest BCUT2D eigenvalue weighted by Gasteiger charge is -2.08. The van der Waals surface area contributed by atoms with Crippen molar-refractivity contribution in [2.45, 2.75) is 6.18 Å². The summed E-state index contributed by atoms with van der Waals surface area (Å²) in [5.41, 5.74) is -0.286. The summed E-state index contributed by atoms with van der Waals surface area (Å²) >= 11 is 0. The Morgan fingerprint density at radius 1 is 1.06 bits per heavy atom. The zero-order valence-electron chi connectivity index (χ0n) is 7.98. The van der Waals surface area contributed by atoms with Gasteiger partial charge in [0.2, 0.25) is 0 Å². The Bertz CT molecular complexity index is 485. The summed E-state index contributed by atoms with van der Waals surface area (Å²) in [7, 11) is 0. The molecule has 5 heteroatoms. The number of aromatic nitrogens is 1. The van der Waals surface area contributed by atoms with Gasteiger partial charge in [-0.25, -0.2) is 4.39 Å². The van der Waals surface area contributed by atoms with Gasteiger partial charge in [0.1, 0.15) is 5.82 Å². The van der Waals surface area contributed by atoms with Crippen LogP contribution < -0.4 is 0 Å². The molecule has 0 spiro atoms. The van der Waals surface area contributed by atoms with E-state index < -0.39 is 17.6 Å². The van der Waals surface area contributed by atoms with Crippen molar-refractivity contribution in [3.05, 3.63) is 47.9 Å². The van der Waals surface area contributed by atoms with Crippen molar-refractivity contribution in [2.24, 2.45) is 0 Å². The summed E-state index contributed by atoms with van der Waals surface area (Å²) in [5.74, 6) is -1.26. The van der Waals surface area contributed by atoms with Crippen LogP contribution in [-0.4, -0.2) is 4.98 Å². The SMILES string of the molecule is Fc1cc(-c2ccc[nH]2)ccc1C(F)(F)F. The summed E-state index contributed by atoms with van der Waals surface area (Å²) in [5, 5.41) is 0. The molecule has 0 atom stereocenters. The number of hydrogen-bond donors (Lipinski definition) is 1. The summed E-state index contributed by atoms with van der Waals surface area (Å²) in [6.07, 6.45) is -3.04. The van der Waals surface area contributed by atoms with Gasteiger partial charge >= 0.3 is 6.18 Å². The molecule has 0 amide bonds. The van der Waals surface area contributed by atoms with E-state index in [4.69, 9.17) is 0 Å². The minimum Gasteiger partial charge on any atom is -0.361 e. The fraction of sp³-hybridized carbons (Fsp3) is 0.0909. The average molecular weight is 229 g/mol. The molecule has 1 aromatic carbocycles. The van der Waals surface area contributed by atoms with Crippen LogP contribution in [0.3, 0.4) is 0 Å². The standard InChI is InChI=1S/C11H7F4N/c12-9-6-7(10-2-1-5-16-10)3-4-8(9)11(13,14)15/h1-6,16H. The maximum Gasteiger partial charge on any atom is 0.419 e. The third-order valence-electron chi connectivity index (χ3n) is 2.18. The van der Waals surface area contributed by atoms with E-state index in [0.29, 0.717) is 11.3 Å². The van der Waals surface area contributed by atoms with Crippen LogP contribution >= 0.6 is 0 Å². The number of alkyl halides is 3. The smallest absolute Gasteiger partial charge is 0.361 e. The molecule has 0 saturated carbocycles. The maximum atomic E-state index is 13.2. The molecule has 1 aromatic heterocycles. The number of nitrogens with one attached hydrogen (secondary N) is 1. The van der Waals surface area contributed by atoms with Crippen molar-refractivity contribution in [1.82, 2.24) is 4.98 Å². The lowest BCUT2D eigenvalue weighted by atomic mass is 10.1. The molecule has 0 unspecified atom stereocenters. The van der Waals surface area contributed by atoms with Gasteiger partial charge in [0.15, 0.2) is 0 Å². The maximum absolute atomic E-state index is 13.2. The van der Waals surface area contributed by atoms with Gasteiger partial charge in [-0.05, 0) is 24.3 Å². The van der Waals surface area contributed by atoms with E-state index in [0.717, 1.165) is 12.1 Å². The molecule has 84 valence electrons. The fourth-order valence-electron chi connectivity index (χ4n) is 1.42. The molecule has 2 aromatic rings. The number of aromatic amines is 1. The van der Waals surface area contributed by atoms with Crippen molar-refractivity contribution >= 4 is 0 Å². The van der Waals surface area contributed by atoms with Crippen LogP contribution in [0.15, 0.2) is 36.5 Å². The van der Waals surface area contributed by atoms with Gasteiger partial charge in [-0.15, -0.1) is 0 Å². The van der Waals surface area contributed by atoms with Gasteiger partial charge in [0.25, 0.3) is 0 Å². The van der Waals surface area contributed by atoms with Crippen molar-refractivity contribution in [3.63, 3.8) is 0 Å². The predicted octanol–water partition coefficient (Wildman–Crippen LogP) is 3.84. The number of H-pyrrole nitrogens is 1. The zero-order chi connectivity index (χ0) is 11.8. The fourth-order valence-corrected chi connectivity index (χ4v) is 1.42. The average Bonchev–Trinajstić information content (AvgIpc) is 2.68. The highest BCUT2D eigenvalue weighted by molar-refractivity contribution is 5.59. The third kappa shape index (κ3) is 1.93. The molecular formula is C11H7F4N. The van der Waals surface area contributed by atoms with Crippen molar-refractivity contribution < 1.29 is 17.6 Å². The first-order valence-corrected chi connectivity index (χ1v) is 4.49. The van der Waals surface area contributed by atoms with Gasteiger partial charge in [0, 0.05) is 17.5 Å². The predicted molar refractivity (Wildman–Crippen MR) is 51.2 cm³/mol. The number of hydrogen-bond acceptors (Lipinski definition) is 0. The highest BCUT2D eigenvalue weighted by atomic mass is 19.4. The molecule has 1 nitrogen and oxygen atoms in total. The van der Waals surface area contributed by atoms with E-state index in [1.165, 1.54) is 6.07 Å². The Labute approximate surface area is 88.7 Å². The van der Waals surface area contributed by atoms with Crippen molar-refractivity contribution in [1.29, 1.82) is 0 Å². The Kier molecular flexibility index (Phi) is 2.46. The van der Waals surface area contributed by atoms with Gasteiger partial charge < -0.3 is 4.98 Å². The Balaban J connectivity index is 2.45. The van der Waals surface area contributed by atoms with E-state index in [-0.39, 0.29) is 0 Å². The Hall–Kier alpha value is -1.78. The lowest BCUT2D eigenvalue weighted by Crippen LogP contribution is -2.07. The Morgan fingerprint density at radius 3 is 2.31 bits per heavy atom. The van der Waals surface area contributed by atoms with Gasteiger partial charge in [-0.3, -0.25) is 0 Å². The van der Waals surface area contributed by atoms with Gasteiger partial charge in [0.05, 0.1) is 5.56 Å². The van der Waals surface area contributed by atoms with Crippen molar-refractivity contribution in [2.75, 3.05) is 0 Å². The topological polar surface area (TPSA) is 15.8 Å². The van der Waals surface area contributed by atoms with Gasteiger partial charge in [-0.1, -0.05) is 6.07 Å². The third-order valence-corrected chi connectivity index (χ3v) is 2.18. The van der Waals surface area contributed by atoms with Crippen LogP contribution in [0.25, 0.3) is 11.3 Å². The molecule has 0 aliphatic carbocycles. The summed E-state index contributed by atoms with van der Waals surface area (Å²) in [6.45, 7) is 0. The molecule has 1 heterocycles. The molecule has 0 fully saturated rings. The molecular weight excluding hydrogens is 222 g/mol. The summed E-state index contributed by atoms with van der Waals surface area (Å²) in [4.78, 5) is 2.79. The van der Waals surface area contributed by atoms with E-state index in [9.17, 15) is 17.6 Å². The second kappa shape index (κ2) is 3.66. The molecule has 0 saturated heterocycles. The minimum absolute atomic E-state index is 0.385. The quantitative estimate of drug-likeness (QED) is 0.715. The van der Waals surface area contributed by atoms with E-state index in [1.54, 1.807) is 18.3 Å². The van der Waals surface area contributed by atoms with Crippen LogP contribution in [0.1, 0.15) is 5.56 Å². The molecule has 1 N–H and O–H groups in total. The first kappa shape index (κ1) is 10.7. The second-order valence-electron chi connectivity index (χ2n) is 3.28. The van der Waals surface area contributed by atoms with Gasteiger partial charge in [-0.2, -0.15) is 13.2 Å². The first-order chi connectivity index (χ1) is 7.48. The van der Waals surface area contributed by atoms with Crippen LogP contribution in [-0.2, 0) is 6.18 Å². The monoisotopic (exact) mass is 229 g/mol. The largest absolute Gasteiger partial charge is 0.419 e. The molecule has 0 radical (unpaired) electrons. The molecule has 0 aliphatic heterocycles. The molecule has 2 rings (SSSR count). The number of rotatable bonds is 1. The second-order valence-corrected chi connectivity index (χ2v) is 3.28. The molecule has 0 bridgehead atoms. The highest BCUT2D eigenvalue weighted by Gasteiger charge is 2.33. The van der Waals surface area contributed by atoms with E-state index in [1.807, 2.05) is 0 Å². The molecule has 16 heavy (non-hydrogen) atoms. The lowest BCUT2D eigenvalue weighted by molar-refractivity contribution is -0.139. The van der Waals surface area contributed by atoms with Crippen LogP contribution in [0.4, 0.5) is 17.6 Å². The summed E-state index contributed by atoms with van der Waals surface area (Å²) in [6, 6.07) is 6.19. The normalized spacial score (nSPS) is 11.8. The highest BCUT2D eigenvalue weighted by Crippen LogP contribution is 2.33. The van der Waals surface area contributed by atoms with Crippen LogP contribution in [0, 0.1) is 5.82 Å². The summed E-state index contributed by atoms with van der Waals surface area (Å²) < 4.78 is 50.0. The number of benzene rings is 1. The molecule has 0 aliphatic rings. The van der Waals surface area contributed by atoms with E-state index in [2.05, 4.69) is 4.98 Å².